The third-order valence-electron chi connectivity index (χ3n) is 1.58. The van der Waals surface area contributed by atoms with Gasteiger partial charge >= 0.3 is 0 Å². The highest BCUT2D eigenvalue weighted by molar-refractivity contribution is 5.93. The van der Waals surface area contributed by atoms with Crippen LogP contribution in [0, 0.1) is 0 Å². The first-order valence-electron chi connectivity index (χ1n) is 3.85. The van der Waals surface area contributed by atoms with Crippen molar-refractivity contribution >= 4 is 5.78 Å². The minimum Gasteiger partial charge on any atom is -0.490 e. The molecule has 0 aromatic heterocycles. The summed E-state index contributed by atoms with van der Waals surface area (Å²) in [5, 5.41) is 2.92. The van der Waals surface area contributed by atoms with Crippen LogP contribution in [-0.4, -0.2) is 26.0 Å². The monoisotopic (exact) mass is 155 g/mol. The molecule has 11 heavy (non-hydrogen) atoms. The molecule has 0 aromatic rings. The van der Waals surface area contributed by atoms with Gasteiger partial charge in [-0.3, -0.25) is 4.79 Å². The molecule has 0 fully saturated rings. The third-order valence-corrected chi connectivity index (χ3v) is 1.58. The van der Waals surface area contributed by atoms with Gasteiger partial charge < -0.3 is 10.1 Å². The summed E-state index contributed by atoms with van der Waals surface area (Å²) in [6, 6.07) is 0. The van der Waals surface area contributed by atoms with Gasteiger partial charge in [0.2, 0.25) is 0 Å². The van der Waals surface area contributed by atoms with E-state index in [1.807, 2.05) is 13.1 Å². The normalized spacial score (nSPS) is 15.9. The molecule has 1 aliphatic rings. The molecule has 0 aliphatic carbocycles. The zero-order valence-electron chi connectivity index (χ0n) is 6.72. The molecule has 0 spiro atoms. The van der Waals surface area contributed by atoms with Crippen LogP contribution in [0.15, 0.2) is 11.8 Å². The second-order valence-corrected chi connectivity index (χ2v) is 2.48. The van der Waals surface area contributed by atoms with Crippen molar-refractivity contribution in [2.45, 2.75) is 12.8 Å². The number of nitrogens with one attached hydrogen (secondary N) is 1. The minimum atomic E-state index is 0.108. The van der Waals surface area contributed by atoms with Crippen LogP contribution >= 0.6 is 0 Å². The molecule has 62 valence electrons. The van der Waals surface area contributed by atoms with Crippen LogP contribution in [0.25, 0.3) is 0 Å². The standard InChI is InChI=1S/C8H13NO2/c1-9-5-4-7(10)8-3-2-6-11-8/h3,9H,2,4-6H2,1H3. The highest BCUT2D eigenvalue weighted by Gasteiger charge is 2.13. The van der Waals surface area contributed by atoms with Crippen molar-refractivity contribution in [1.82, 2.24) is 5.32 Å². The number of carbonyl (C=O) groups is 1. The van der Waals surface area contributed by atoms with Crippen molar-refractivity contribution in [2.24, 2.45) is 0 Å². The molecule has 3 heteroatoms. The molecule has 0 aromatic carbocycles. The van der Waals surface area contributed by atoms with Gasteiger partial charge in [0.25, 0.3) is 0 Å². The lowest BCUT2D eigenvalue weighted by atomic mass is 10.2. The van der Waals surface area contributed by atoms with Gasteiger partial charge in [-0.2, -0.15) is 0 Å². The summed E-state index contributed by atoms with van der Waals surface area (Å²) in [5.74, 6) is 0.664. The van der Waals surface area contributed by atoms with E-state index in [0.29, 0.717) is 18.8 Å². The molecule has 1 rings (SSSR count). The molecule has 0 saturated carbocycles. The summed E-state index contributed by atoms with van der Waals surface area (Å²) in [7, 11) is 1.83. The van der Waals surface area contributed by atoms with Crippen molar-refractivity contribution in [3.8, 4) is 0 Å². The van der Waals surface area contributed by atoms with Gasteiger partial charge in [0.1, 0.15) is 0 Å². The number of rotatable bonds is 4. The lowest BCUT2D eigenvalue weighted by Crippen LogP contribution is -2.14. The van der Waals surface area contributed by atoms with E-state index in [-0.39, 0.29) is 5.78 Å². The van der Waals surface area contributed by atoms with Crippen molar-refractivity contribution in [3.63, 3.8) is 0 Å². The molecule has 0 saturated heterocycles. The first kappa shape index (κ1) is 8.27. The second-order valence-electron chi connectivity index (χ2n) is 2.48. The lowest BCUT2D eigenvalue weighted by Gasteiger charge is -2.01. The molecule has 1 N–H and O–H groups in total. The number of allylic oxidation sites excluding steroid dienone is 1. The molecule has 1 heterocycles. The molecule has 3 nitrogen and oxygen atoms in total. The van der Waals surface area contributed by atoms with Crippen LogP contribution in [0.4, 0.5) is 0 Å². The van der Waals surface area contributed by atoms with Gasteiger partial charge in [0, 0.05) is 19.4 Å². The number of hydrogen-bond acceptors (Lipinski definition) is 3. The minimum absolute atomic E-state index is 0.108. The van der Waals surface area contributed by atoms with Crippen LogP contribution in [-0.2, 0) is 9.53 Å². The smallest absolute Gasteiger partial charge is 0.198 e. The lowest BCUT2D eigenvalue weighted by molar-refractivity contribution is -0.118. The molecule has 0 amide bonds. The Morgan fingerprint density at radius 1 is 1.82 bits per heavy atom. The molecule has 0 unspecified atom stereocenters. The Hall–Kier alpha value is -0.830. The third kappa shape index (κ3) is 2.35. The SMILES string of the molecule is CNCCC(=O)C1=CCCO1. The highest BCUT2D eigenvalue weighted by Crippen LogP contribution is 2.10. The van der Waals surface area contributed by atoms with E-state index < -0.39 is 0 Å². The second kappa shape index (κ2) is 4.13. The van der Waals surface area contributed by atoms with Crippen molar-refractivity contribution in [2.75, 3.05) is 20.2 Å². The van der Waals surface area contributed by atoms with Gasteiger partial charge in [-0.25, -0.2) is 0 Å². The van der Waals surface area contributed by atoms with E-state index in [0.717, 1.165) is 13.0 Å². The van der Waals surface area contributed by atoms with E-state index in [2.05, 4.69) is 5.32 Å². The fourth-order valence-corrected chi connectivity index (χ4v) is 0.974. The summed E-state index contributed by atoms with van der Waals surface area (Å²) in [4.78, 5) is 11.2. The first-order chi connectivity index (χ1) is 5.34. The van der Waals surface area contributed by atoms with Gasteiger partial charge in [-0.05, 0) is 13.1 Å². The van der Waals surface area contributed by atoms with Crippen molar-refractivity contribution < 1.29 is 9.53 Å². The van der Waals surface area contributed by atoms with E-state index in [1.165, 1.54) is 0 Å². The summed E-state index contributed by atoms with van der Waals surface area (Å²) < 4.78 is 5.10. The quantitative estimate of drug-likeness (QED) is 0.641. The Morgan fingerprint density at radius 2 is 2.64 bits per heavy atom. The predicted octanol–water partition coefficient (Wildman–Crippen LogP) is 0.469. The molecule has 0 atom stereocenters. The van der Waals surface area contributed by atoms with Crippen LogP contribution in [0.3, 0.4) is 0 Å². The van der Waals surface area contributed by atoms with Crippen LogP contribution in [0.5, 0.6) is 0 Å². The van der Waals surface area contributed by atoms with Crippen LogP contribution in [0.1, 0.15) is 12.8 Å². The predicted molar refractivity (Wildman–Crippen MR) is 42.2 cm³/mol. The number of Topliss-reactive ketones (excluding diaryl/α,β-unsaturated/α-hetero) is 1. The zero-order valence-corrected chi connectivity index (χ0v) is 6.72. The van der Waals surface area contributed by atoms with E-state index >= 15 is 0 Å². The zero-order chi connectivity index (χ0) is 8.10. The molecular formula is C8H13NO2. The van der Waals surface area contributed by atoms with Crippen molar-refractivity contribution in [1.29, 1.82) is 0 Å². The summed E-state index contributed by atoms with van der Waals surface area (Å²) in [6.45, 7) is 1.39. The largest absolute Gasteiger partial charge is 0.490 e. The van der Waals surface area contributed by atoms with Gasteiger partial charge in [0.15, 0.2) is 11.5 Å². The Balaban J connectivity index is 2.29. The average molecular weight is 155 g/mol. The maximum Gasteiger partial charge on any atom is 0.198 e. The number of ketones is 1. The summed E-state index contributed by atoms with van der Waals surface area (Å²) >= 11 is 0. The maximum absolute atomic E-state index is 11.2. The van der Waals surface area contributed by atoms with Gasteiger partial charge in [-0.1, -0.05) is 0 Å². The Kier molecular flexibility index (Phi) is 3.11. The fourth-order valence-electron chi connectivity index (χ4n) is 0.974. The Bertz CT molecular complexity index is 175. The number of hydrogen-bond donors (Lipinski definition) is 1. The van der Waals surface area contributed by atoms with E-state index in [4.69, 9.17) is 4.74 Å². The highest BCUT2D eigenvalue weighted by atomic mass is 16.5. The van der Waals surface area contributed by atoms with Crippen molar-refractivity contribution in [3.05, 3.63) is 11.8 Å². The van der Waals surface area contributed by atoms with Gasteiger partial charge in [-0.15, -0.1) is 0 Å². The Morgan fingerprint density at radius 3 is 3.18 bits per heavy atom. The van der Waals surface area contributed by atoms with E-state index in [9.17, 15) is 4.79 Å². The number of ether oxygens (including phenoxy) is 1. The summed E-state index contributed by atoms with van der Waals surface area (Å²) in [6.07, 6.45) is 3.26. The van der Waals surface area contributed by atoms with Gasteiger partial charge in [0.05, 0.1) is 6.61 Å². The molecule has 1 aliphatic heterocycles. The molecule has 0 bridgehead atoms. The van der Waals surface area contributed by atoms with E-state index in [1.54, 1.807) is 0 Å². The van der Waals surface area contributed by atoms with Crippen LogP contribution in [0.2, 0.25) is 0 Å². The fraction of sp³-hybridized carbons (Fsp3) is 0.625. The molecular weight excluding hydrogens is 142 g/mol. The Labute approximate surface area is 66.4 Å². The molecule has 0 radical (unpaired) electrons. The average Bonchev–Trinajstić information content (AvgIpc) is 2.52. The summed E-state index contributed by atoms with van der Waals surface area (Å²) in [5.41, 5.74) is 0. The maximum atomic E-state index is 11.2. The van der Waals surface area contributed by atoms with Crippen LogP contribution < -0.4 is 5.32 Å². The topological polar surface area (TPSA) is 38.3 Å². The first-order valence-corrected chi connectivity index (χ1v) is 3.85. The number of carbonyl (C=O) groups excluding carboxylic acids is 1.